The summed E-state index contributed by atoms with van der Waals surface area (Å²) in [6, 6.07) is 10.7. The lowest BCUT2D eigenvalue weighted by molar-refractivity contribution is 0.462. The van der Waals surface area contributed by atoms with Gasteiger partial charge in [0.25, 0.3) is 0 Å². The Hall–Kier alpha value is -2.54. The van der Waals surface area contributed by atoms with E-state index in [0.29, 0.717) is 6.54 Å². The Labute approximate surface area is 175 Å². The zero-order valence-electron chi connectivity index (χ0n) is 16.6. The summed E-state index contributed by atoms with van der Waals surface area (Å²) in [5.74, 6) is 0.903. The molecule has 1 N–H and O–H groups in total. The number of rotatable bonds is 7. The first-order chi connectivity index (χ1) is 13.5. The Balaban J connectivity index is 1.69. The van der Waals surface area contributed by atoms with Crippen LogP contribution in [0.2, 0.25) is 0 Å². The third-order valence-corrected chi connectivity index (χ3v) is 4.93. The number of hydrogen-bond acceptors (Lipinski definition) is 2. The van der Waals surface area contributed by atoms with Crippen molar-refractivity contribution in [1.82, 2.24) is 24.3 Å². The number of nitrogens with zero attached hydrogens (tertiary/aromatic N) is 5. The third kappa shape index (κ3) is 5.48. The first-order valence-corrected chi connectivity index (χ1v) is 10.2. The maximum Gasteiger partial charge on any atom is 0.194 e. The number of guanidine groups is 1. The van der Waals surface area contributed by atoms with Crippen LogP contribution in [0.3, 0.4) is 0 Å². The second-order valence-electron chi connectivity index (χ2n) is 6.84. The highest BCUT2D eigenvalue weighted by Gasteiger charge is 2.09. The lowest BCUT2D eigenvalue weighted by atomic mass is 10.1. The van der Waals surface area contributed by atoms with Crippen LogP contribution < -0.4 is 5.32 Å². The fraction of sp³-hybridized carbons (Fsp3) is 0.333. The predicted octanol–water partition coefficient (Wildman–Crippen LogP) is 3.63. The fourth-order valence-electron chi connectivity index (χ4n) is 3.09. The third-order valence-electron chi connectivity index (χ3n) is 4.50. The van der Waals surface area contributed by atoms with Gasteiger partial charge in [0.1, 0.15) is 0 Å². The van der Waals surface area contributed by atoms with E-state index in [-0.39, 0.29) is 0 Å². The van der Waals surface area contributed by atoms with Crippen molar-refractivity contribution in [3.05, 3.63) is 76.5 Å². The van der Waals surface area contributed by atoms with E-state index in [9.17, 15) is 0 Å². The van der Waals surface area contributed by atoms with Gasteiger partial charge in [0.2, 0.25) is 0 Å². The summed E-state index contributed by atoms with van der Waals surface area (Å²) in [5, 5.41) is 3.39. The molecule has 1 aromatic carbocycles. The molecule has 0 unspecified atom stereocenters. The zero-order chi connectivity index (χ0) is 19.9. The maximum absolute atomic E-state index is 4.85. The molecule has 148 valence electrons. The van der Waals surface area contributed by atoms with Gasteiger partial charge in [-0.2, -0.15) is 0 Å². The van der Waals surface area contributed by atoms with Crippen LogP contribution in [0.4, 0.5) is 0 Å². The number of aliphatic imine (C=N–C) groups is 1. The smallest absolute Gasteiger partial charge is 0.194 e. The number of imidazole rings is 1. The Morgan fingerprint density at radius 3 is 2.79 bits per heavy atom. The molecule has 28 heavy (non-hydrogen) atoms. The van der Waals surface area contributed by atoms with Gasteiger partial charge < -0.3 is 19.4 Å². The van der Waals surface area contributed by atoms with E-state index in [1.165, 1.54) is 16.8 Å². The summed E-state index contributed by atoms with van der Waals surface area (Å²) in [4.78, 5) is 11.1. The molecule has 0 bridgehead atoms. The van der Waals surface area contributed by atoms with Gasteiger partial charge in [-0.25, -0.2) is 9.98 Å². The SMILES string of the molecule is CCNC(=NCc1cccc(Cn2ccnc2)c1)N(C)Cc1cc(Br)cn1C. The molecule has 2 aromatic heterocycles. The first-order valence-electron chi connectivity index (χ1n) is 9.39. The summed E-state index contributed by atoms with van der Waals surface area (Å²) < 4.78 is 5.29. The van der Waals surface area contributed by atoms with Gasteiger partial charge in [0.15, 0.2) is 5.96 Å². The molecule has 0 fully saturated rings. The summed E-state index contributed by atoms with van der Waals surface area (Å²) in [5.41, 5.74) is 3.67. The van der Waals surface area contributed by atoms with E-state index in [4.69, 9.17) is 4.99 Å². The molecule has 0 aliphatic heterocycles. The van der Waals surface area contributed by atoms with Crippen LogP contribution in [0.1, 0.15) is 23.7 Å². The summed E-state index contributed by atoms with van der Waals surface area (Å²) in [7, 11) is 4.13. The van der Waals surface area contributed by atoms with Crippen molar-refractivity contribution in [3.63, 3.8) is 0 Å². The topological polar surface area (TPSA) is 50.4 Å². The second kappa shape index (κ2) is 9.59. The van der Waals surface area contributed by atoms with Crippen LogP contribution in [0.5, 0.6) is 0 Å². The number of aryl methyl sites for hydroxylation is 1. The average molecular weight is 443 g/mol. The molecule has 0 aliphatic rings. The molecule has 0 aliphatic carbocycles. The largest absolute Gasteiger partial charge is 0.357 e. The molecule has 7 heteroatoms. The van der Waals surface area contributed by atoms with Gasteiger partial charge in [-0.05, 0) is 40.0 Å². The molecule has 6 nitrogen and oxygen atoms in total. The highest BCUT2D eigenvalue weighted by atomic mass is 79.9. The molecule has 0 spiro atoms. The molecule has 0 saturated heterocycles. The standard InChI is InChI=1S/C21H27BrN6/c1-4-24-21(27(3)15-20-11-19(22)14-26(20)2)25-12-17-6-5-7-18(10-17)13-28-9-8-23-16-28/h5-11,14,16H,4,12-13,15H2,1-3H3,(H,24,25). The molecular weight excluding hydrogens is 416 g/mol. The predicted molar refractivity (Wildman–Crippen MR) is 117 cm³/mol. The van der Waals surface area contributed by atoms with Crippen molar-refractivity contribution in [1.29, 1.82) is 0 Å². The number of benzene rings is 1. The number of hydrogen-bond donors (Lipinski definition) is 1. The molecule has 3 rings (SSSR count). The van der Waals surface area contributed by atoms with E-state index >= 15 is 0 Å². The molecule has 3 aromatic rings. The molecule has 2 heterocycles. The highest BCUT2D eigenvalue weighted by Crippen LogP contribution is 2.15. The van der Waals surface area contributed by atoms with Crippen molar-refractivity contribution >= 4 is 21.9 Å². The minimum atomic E-state index is 0.640. The Kier molecular flexibility index (Phi) is 6.92. The minimum Gasteiger partial charge on any atom is -0.357 e. The Morgan fingerprint density at radius 2 is 2.11 bits per heavy atom. The van der Waals surface area contributed by atoms with Crippen molar-refractivity contribution < 1.29 is 0 Å². The number of halogens is 1. The molecule has 0 amide bonds. The van der Waals surface area contributed by atoms with E-state index in [0.717, 1.165) is 30.1 Å². The van der Waals surface area contributed by atoms with Crippen LogP contribution in [0, 0.1) is 0 Å². The Bertz CT molecular complexity index is 913. The van der Waals surface area contributed by atoms with Crippen LogP contribution in [0.15, 0.2) is 64.7 Å². The van der Waals surface area contributed by atoms with Crippen LogP contribution in [-0.2, 0) is 26.7 Å². The van der Waals surface area contributed by atoms with Gasteiger partial charge in [-0.1, -0.05) is 24.3 Å². The van der Waals surface area contributed by atoms with Gasteiger partial charge in [0, 0.05) is 55.9 Å². The van der Waals surface area contributed by atoms with Crippen LogP contribution >= 0.6 is 15.9 Å². The second-order valence-corrected chi connectivity index (χ2v) is 7.76. The molecule has 0 radical (unpaired) electrons. The van der Waals surface area contributed by atoms with Gasteiger partial charge >= 0.3 is 0 Å². The van der Waals surface area contributed by atoms with E-state index < -0.39 is 0 Å². The lowest BCUT2D eigenvalue weighted by Crippen LogP contribution is -2.38. The summed E-state index contributed by atoms with van der Waals surface area (Å²) in [6.45, 7) is 5.17. The highest BCUT2D eigenvalue weighted by molar-refractivity contribution is 9.10. The van der Waals surface area contributed by atoms with E-state index in [2.05, 4.69) is 97.8 Å². The van der Waals surface area contributed by atoms with Crippen molar-refractivity contribution in [3.8, 4) is 0 Å². The summed E-state index contributed by atoms with van der Waals surface area (Å²) >= 11 is 3.54. The van der Waals surface area contributed by atoms with E-state index in [1.54, 1.807) is 6.20 Å². The van der Waals surface area contributed by atoms with Crippen molar-refractivity contribution in [2.45, 2.75) is 26.6 Å². The zero-order valence-corrected chi connectivity index (χ0v) is 18.2. The maximum atomic E-state index is 4.85. The molecular formula is C21H27BrN6. The lowest BCUT2D eigenvalue weighted by Gasteiger charge is -2.22. The fourth-order valence-corrected chi connectivity index (χ4v) is 3.67. The summed E-state index contributed by atoms with van der Waals surface area (Å²) in [6.07, 6.45) is 7.69. The quantitative estimate of drug-likeness (QED) is 0.448. The minimum absolute atomic E-state index is 0.640. The van der Waals surface area contributed by atoms with Crippen molar-refractivity contribution in [2.75, 3.05) is 13.6 Å². The Morgan fingerprint density at radius 1 is 1.29 bits per heavy atom. The van der Waals surface area contributed by atoms with Gasteiger partial charge in [-0.3, -0.25) is 0 Å². The molecule has 0 atom stereocenters. The number of nitrogens with one attached hydrogen (secondary N) is 1. The van der Waals surface area contributed by atoms with Gasteiger partial charge in [0.05, 0.1) is 19.4 Å². The van der Waals surface area contributed by atoms with E-state index in [1.807, 2.05) is 12.5 Å². The normalized spacial score (nSPS) is 11.6. The first kappa shape index (κ1) is 20.2. The number of aromatic nitrogens is 3. The van der Waals surface area contributed by atoms with Gasteiger partial charge in [-0.15, -0.1) is 0 Å². The molecule has 0 saturated carbocycles. The average Bonchev–Trinajstić information content (AvgIpc) is 3.28. The monoisotopic (exact) mass is 442 g/mol. The van der Waals surface area contributed by atoms with Crippen molar-refractivity contribution in [2.24, 2.45) is 12.0 Å². The van der Waals surface area contributed by atoms with Crippen LogP contribution in [0.25, 0.3) is 0 Å². The van der Waals surface area contributed by atoms with Crippen LogP contribution in [-0.4, -0.2) is 38.6 Å².